The molecular weight excluding hydrogens is 170 g/mol. The summed E-state index contributed by atoms with van der Waals surface area (Å²) in [7, 11) is 0. The largest absolute Gasteiger partial charge is 0.298 e. The smallest absolute Gasteiger partial charge is 0.0209 e. The highest BCUT2D eigenvalue weighted by Crippen LogP contribution is 2.43. The number of rotatable bonds is 1. The molecule has 2 rings (SSSR count). The molecule has 1 heterocycles. The minimum Gasteiger partial charge on any atom is -0.298 e. The second kappa shape index (κ2) is 5.75. The molecule has 0 aromatic carbocycles. The lowest BCUT2D eigenvalue weighted by atomic mass is 9.72. The lowest BCUT2D eigenvalue weighted by molar-refractivity contribution is 0.0207. The van der Waals surface area contributed by atoms with Crippen LogP contribution in [0.15, 0.2) is 0 Å². The Balaban J connectivity index is 0.000000461. The topological polar surface area (TPSA) is 3.24 Å². The maximum absolute atomic E-state index is 2.75. The van der Waals surface area contributed by atoms with Crippen LogP contribution in [0.1, 0.15) is 65.7 Å². The minimum atomic E-state index is 0.686. The number of likely N-dealkylation sites (tertiary alicyclic amines) is 1. The fraction of sp³-hybridized carbons (Fsp3) is 1.00. The van der Waals surface area contributed by atoms with Gasteiger partial charge in [0.05, 0.1) is 0 Å². The van der Waals surface area contributed by atoms with Gasteiger partial charge in [0.2, 0.25) is 0 Å². The van der Waals surface area contributed by atoms with E-state index in [-0.39, 0.29) is 0 Å². The molecule has 1 aliphatic heterocycles. The third-order valence-corrected chi connectivity index (χ3v) is 3.91. The first-order chi connectivity index (χ1) is 6.87. The Kier molecular flexibility index (Phi) is 4.94. The molecule has 0 amide bonds. The van der Waals surface area contributed by atoms with E-state index in [0.29, 0.717) is 5.54 Å². The third kappa shape index (κ3) is 2.31. The van der Waals surface area contributed by atoms with Gasteiger partial charge in [0.15, 0.2) is 0 Å². The van der Waals surface area contributed by atoms with Gasteiger partial charge in [-0.25, -0.2) is 0 Å². The van der Waals surface area contributed by atoms with Crippen molar-refractivity contribution < 1.29 is 0 Å². The van der Waals surface area contributed by atoms with Crippen LogP contribution in [0.25, 0.3) is 0 Å². The summed E-state index contributed by atoms with van der Waals surface area (Å²) in [5, 5.41) is 0. The predicted octanol–water partition coefficient (Wildman–Crippen LogP) is 3.83. The Morgan fingerprint density at radius 1 is 0.929 bits per heavy atom. The number of nitrogens with zero attached hydrogens (tertiary/aromatic N) is 1. The van der Waals surface area contributed by atoms with Gasteiger partial charge >= 0.3 is 0 Å². The van der Waals surface area contributed by atoms with Crippen molar-refractivity contribution in [2.24, 2.45) is 0 Å². The lowest BCUT2D eigenvalue weighted by Crippen LogP contribution is -2.53. The molecule has 0 aromatic heterocycles. The van der Waals surface area contributed by atoms with E-state index in [0.717, 1.165) is 0 Å². The van der Waals surface area contributed by atoms with Crippen LogP contribution in [0.4, 0.5) is 0 Å². The highest BCUT2D eigenvalue weighted by molar-refractivity contribution is 4.98. The Morgan fingerprint density at radius 3 is 2.07 bits per heavy atom. The molecule has 84 valence electrons. The Bertz CT molecular complexity index is 149. The molecule has 2 aliphatic rings. The first-order valence-electron chi connectivity index (χ1n) is 6.62. The molecule has 0 unspecified atom stereocenters. The summed E-state index contributed by atoms with van der Waals surface area (Å²) in [4.78, 5) is 2.75. The predicted molar refractivity (Wildman–Crippen MR) is 63.6 cm³/mol. The molecule has 1 heteroatoms. The average Bonchev–Trinajstić information content (AvgIpc) is 2.41. The van der Waals surface area contributed by atoms with Crippen molar-refractivity contribution in [1.29, 1.82) is 0 Å². The number of hydrogen-bond acceptors (Lipinski definition) is 1. The first-order valence-corrected chi connectivity index (χ1v) is 6.62. The summed E-state index contributed by atoms with van der Waals surface area (Å²) in [6.07, 6.45) is 10.3. The Labute approximate surface area is 89.9 Å². The van der Waals surface area contributed by atoms with Crippen LogP contribution in [0.5, 0.6) is 0 Å². The maximum Gasteiger partial charge on any atom is 0.0209 e. The van der Waals surface area contributed by atoms with Crippen molar-refractivity contribution in [3.05, 3.63) is 0 Å². The van der Waals surface area contributed by atoms with Crippen molar-refractivity contribution in [3.63, 3.8) is 0 Å². The molecule has 0 aromatic rings. The second-order valence-electron chi connectivity index (χ2n) is 4.47. The normalized spacial score (nSPS) is 25.9. The highest BCUT2D eigenvalue weighted by Gasteiger charge is 2.41. The van der Waals surface area contributed by atoms with Gasteiger partial charge in [0, 0.05) is 5.54 Å². The van der Waals surface area contributed by atoms with Crippen molar-refractivity contribution in [1.82, 2.24) is 4.90 Å². The van der Waals surface area contributed by atoms with Crippen molar-refractivity contribution >= 4 is 0 Å². The molecule has 1 saturated heterocycles. The van der Waals surface area contributed by atoms with Crippen molar-refractivity contribution in [3.8, 4) is 0 Å². The zero-order valence-corrected chi connectivity index (χ0v) is 10.3. The van der Waals surface area contributed by atoms with Gasteiger partial charge in [-0.05, 0) is 45.2 Å². The van der Waals surface area contributed by atoms with Crippen LogP contribution >= 0.6 is 0 Å². The van der Waals surface area contributed by atoms with Gasteiger partial charge in [-0.3, -0.25) is 4.90 Å². The second-order valence-corrected chi connectivity index (χ2v) is 4.47. The zero-order valence-electron chi connectivity index (χ0n) is 10.3. The van der Waals surface area contributed by atoms with E-state index in [1.165, 1.54) is 58.0 Å². The molecule has 0 N–H and O–H groups in total. The van der Waals surface area contributed by atoms with Crippen LogP contribution in [-0.4, -0.2) is 23.5 Å². The molecule has 1 saturated carbocycles. The summed E-state index contributed by atoms with van der Waals surface area (Å²) < 4.78 is 0. The fourth-order valence-electron chi connectivity index (χ4n) is 2.97. The Hall–Kier alpha value is -0.0400. The molecule has 2 fully saturated rings. The van der Waals surface area contributed by atoms with Gasteiger partial charge in [-0.15, -0.1) is 0 Å². The molecule has 0 bridgehead atoms. The summed E-state index contributed by atoms with van der Waals surface area (Å²) in [6, 6.07) is 0. The van der Waals surface area contributed by atoms with Crippen molar-refractivity contribution in [2.75, 3.05) is 13.1 Å². The molecule has 0 radical (unpaired) electrons. The molecule has 14 heavy (non-hydrogen) atoms. The van der Waals surface area contributed by atoms with E-state index in [9.17, 15) is 0 Å². The van der Waals surface area contributed by atoms with E-state index < -0.39 is 0 Å². The van der Waals surface area contributed by atoms with E-state index in [2.05, 4.69) is 11.8 Å². The van der Waals surface area contributed by atoms with Gasteiger partial charge in [-0.1, -0.05) is 33.6 Å². The van der Waals surface area contributed by atoms with Crippen LogP contribution < -0.4 is 0 Å². The SMILES string of the molecule is CC.CCN1CCCCCC12CCC2. The van der Waals surface area contributed by atoms with Crippen LogP contribution in [0.3, 0.4) is 0 Å². The van der Waals surface area contributed by atoms with Crippen LogP contribution in [-0.2, 0) is 0 Å². The standard InChI is InChI=1S/C11H21N.C2H6/c1-2-12-10-5-3-4-7-11(12)8-6-9-11;1-2/h2-10H2,1H3;1-2H3. The fourth-order valence-corrected chi connectivity index (χ4v) is 2.97. The zero-order chi connectivity index (χ0) is 10.4. The molecule has 1 nitrogen and oxygen atoms in total. The summed E-state index contributed by atoms with van der Waals surface area (Å²) >= 11 is 0. The quantitative estimate of drug-likeness (QED) is 0.617. The van der Waals surface area contributed by atoms with Crippen LogP contribution in [0.2, 0.25) is 0 Å². The van der Waals surface area contributed by atoms with E-state index in [4.69, 9.17) is 0 Å². The molecule has 1 aliphatic carbocycles. The summed E-state index contributed by atoms with van der Waals surface area (Å²) in [5.74, 6) is 0. The van der Waals surface area contributed by atoms with Crippen molar-refractivity contribution in [2.45, 2.75) is 71.3 Å². The third-order valence-electron chi connectivity index (χ3n) is 3.91. The minimum absolute atomic E-state index is 0.686. The lowest BCUT2D eigenvalue weighted by Gasteiger charge is -2.49. The molecule has 0 atom stereocenters. The first kappa shape index (κ1) is 12.0. The molecular formula is C13H27N. The number of hydrogen-bond donors (Lipinski definition) is 0. The monoisotopic (exact) mass is 197 g/mol. The van der Waals surface area contributed by atoms with Gasteiger partial charge < -0.3 is 0 Å². The van der Waals surface area contributed by atoms with Gasteiger partial charge in [0.25, 0.3) is 0 Å². The van der Waals surface area contributed by atoms with Crippen LogP contribution in [0, 0.1) is 0 Å². The van der Waals surface area contributed by atoms with E-state index >= 15 is 0 Å². The maximum atomic E-state index is 2.75. The van der Waals surface area contributed by atoms with E-state index in [1.807, 2.05) is 13.8 Å². The average molecular weight is 197 g/mol. The molecule has 1 spiro atoms. The Morgan fingerprint density at radius 2 is 1.57 bits per heavy atom. The summed E-state index contributed by atoms with van der Waals surface area (Å²) in [5.41, 5.74) is 0.686. The highest BCUT2D eigenvalue weighted by atomic mass is 15.2. The summed E-state index contributed by atoms with van der Waals surface area (Å²) in [6.45, 7) is 8.97. The van der Waals surface area contributed by atoms with Gasteiger partial charge in [-0.2, -0.15) is 0 Å². The van der Waals surface area contributed by atoms with E-state index in [1.54, 1.807) is 0 Å². The van der Waals surface area contributed by atoms with Gasteiger partial charge in [0.1, 0.15) is 0 Å².